The first-order valence-corrected chi connectivity index (χ1v) is 5.80. The van der Waals surface area contributed by atoms with Gasteiger partial charge in [-0.05, 0) is 18.2 Å². The molecule has 0 aliphatic heterocycles. The Hall–Kier alpha value is -1.75. The van der Waals surface area contributed by atoms with Gasteiger partial charge in [0.15, 0.2) is 0 Å². The second kappa shape index (κ2) is 5.05. The zero-order valence-electron chi connectivity index (χ0n) is 9.26. The molecule has 0 bridgehead atoms. The highest BCUT2D eigenvalue weighted by Crippen LogP contribution is 2.18. The SMILES string of the molecule is CN=C/C(=C\N)c1cnc2ccc(Br)cc2n1. The number of nitrogens with two attached hydrogens (primary N) is 1. The summed E-state index contributed by atoms with van der Waals surface area (Å²) < 4.78 is 0.971. The molecule has 5 heteroatoms. The van der Waals surface area contributed by atoms with E-state index in [4.69, 9.17) is 5.73 Å². The van der Waals surface area contributed by atoms with Crippen molar-refractivity contribution in [1.82, 2.24) is 9.97 Å². The van der Waals surface area contributed by atoms with Crippen LogP contribution >= 0.6 is 15.9 Å². The molecule has 17 heavy (non-hydrogen) atoms. The molecular formula is C12H11BrN4. The summed E-state index contributed by atoms with van der Waals surface area (Å²) >= 11 is 3.41. The van der Waals surface area contributed by atoms with Gasteiger partial charge in [0.05, 0.1) is 22.9 Å². The van der Waals surface area contributed by atoms with Crippen LogP contribution in [0.2, 0.25) is 0 Å². The summed E-state index contributed by atoms with van der Waals surface area (Å²) in [5, 5.41) is 0. The van der Waals surface area contributed by atoms with Crippen LogP contribution in [-0.2, 0) is 0 Å². The number of hydrogen-bond acceptors (Lipinski definition) is 4. The summed E-state index contributed by atoms with van der Waals surface area (Å²) in [5.74, 6) is 0. The van der Waals surface area contributed by atoms with E-state index in [1.165, 1.54) is 6.20 Å². The number of aromatic nitrogens is 2. The first kappa shape index (κ1) is 11.7. The molecule has 0 atom stereocenters. The van der Waals surface area contributed by atoms with E-state index in [1.807, 2.05) is 18.2 Å². The van der Waals surface area contributed by atoms with E-state index in [-0.39, 0.29) is 0 Å². The molecule has 0 saturated heterocycles. The zero-order chi connectivity index (χ0) is 12.3. The summed E-state index contributed by atoms with van der Waals surface area (Å²) in [4.78, 5) is 12.8. The standard InChI is InChI=1S/C12H11BrN4/c1-15-6-8(5-14)12-7-16-10-3-2-9(13)4-11(10)17-12/h2-7H,14H2,1H3/b8-5+,15-6?. The Bertz CT molecular complexity index is 604. The van der Waals surface area contributed by atoms with Gasteiger partial charge in [-0.1, -0.05) is 15.9 Å². The highest BCUT2D eigenvalue weighted by atomic mass is 79.9. The van der Waals surface area contributed by atoms with Gasteiger partial charge < -0.3 is 5.73 Å². The summed E-state index contributed by atoms with van der Waals surface area (Å²) in [5.41, 5.74) is 8.67. The van der Waals surface area contributed by atoms with Gasteiger partial charge in [-0.15, -0.1) is 0 Å². The monoisotopic (exact) mass is 290 g/mol. The maximum Gasteiger partial charge on any atom is 0.0922 e. The molecule has 1 aromatic carbocycles. The fourth-order valence-corrected chi connectivity index (χ4v) is 1.81. The van der Waals surface area contributed by atoms with Crippen molar-refractivity contribution in [3.63, 3.8) is 0 Å². The average Bonchev–Trinajstić information content (AvgIpc) is 2.35. The quantitative estimate of drug-likeness (QED) is 0.864. The average molecular weight is 291 g/mol. The maximum atomic E-state index is 5.53. The lowest BCUT2D eigenvalue weighted by atomic mass is 10.2. The molecule has 0 radical (unpaired) electrons. The molecule has 0 fully saturated rings. The molecule has 4 nitrogen and oxygen atoms in total. The molecule has 2 aromatic rings. The minimum Gasteiger partial charge on any atom is -0.404 e. The Morgan fingerprint density at radius 1 is 1.41 bits per heavy atom. The topological polar surface area (TPSA) is 64.2 Å². The Morgan fingerprint density at radius 3 is 2.94 bits per heavy atom. The fourth-order valence-electron chi connectivity index (χ4n) is 1.46. The van der Waals surface area contributed by atoms with Crippen LogP contribution in [-0.4, -0.2) is 23.2 Å². The van der Waals surface area contributed by atoms with Gasteiger partial charge in [-0.3, -0.25) is 9.98 Å². The number of fused-ring (bicyclic) bond motifs is 1. The molecule has 1 aromatic heterocycles. The number of halogens is 1. The number of aliphatic imine (C=N–C) groups is 1. The summed E-state index contributed by atoms with van der Waals surface area (Å²) in [6, 6.07) is 5.77. The van der Waals surface area contributed by atoms with Crippen molar-refractivity contribution >= 4 is 38.8 Å². The lowest BCUT2D eigenvalue weighted by molar-refractivity contribution is 1.25. The van der Waals surface area contributed by atoms with Crippen LogP contribution in [0.25, 0.3) is 16.6 Å². The van der Waals surface area contributed by atoms with Crippen LogP contribution in [0.5, 0.6) is 0 Å². The Labute approximate surface area is 107 Å². The van der Waals surface area contributed by atoms with Crippen molar-refractivity contribution in [2.75, 3.05) is 7.05 Å². The van der Waals surface area contributed by atoms with E-state index in [0.717, 1.165) is 21.1 Å². The number of nitrogens with zero attached hydrogens (tertiary/aromatic N) is 3. The number of allylic oxidation sites excluding steroid dienone is 1. The molecule has 86 valence electrons. The summed E-state index contributed by atoms with van der Waals surface area (Å²) in [7, 11) is 1.69. The first-order valence-electron chi connectivity index (χ1n) is 5.01. The zero-order valence-corrected chi connectivity index (χ0v) is 10.8. The number of hydrogen-bond donors (Lipinski definition) is 1. The van der Waals surface area contributed by atoms with Crippen LogP contribution in [0.15, 0.2) is 40.1 Å². The van der Waals surface area contributed by atoms with Crippen LogP contribution in [0.4, 0.5) is 0 Å². The number of benzene rings is 1. The third-order valence-electron chi connectivity index (χ3n) is 2.25. The van der Waals surface area contributed by atoms with E-state index < -0.39 is 0 Å². The van der Waals surface area contributed by atoms with E-state index in [1.54, 1.807) is 19.5 Å². The minimum atomic E-state index is 0.712. The van der Waals surface area contributed by atoms with Gasteiger partial charge in [0.25, 0.3) is 0 Å². The maximum absolute atomic E-state index is 5.53. The lowest BCUT2D eigenvalue weighted by Crippen LogP contribution is -1.96. The van der Waals surface area contributed by atoms with Crippen LogP contribution in [0.1, 0.15) is 5.69 Å². The Morgan fingerprint density at radius 2 is 2.24 bits per heavy atom. The molecule has 2 rings (SSSR count). The molecule has 0 saturated carbocycles. The van der Waals surface area contributed by atoms with Crippen molar-refractivity contribution in [3.8, 4) is 0 Å². The van der Waals surface area contributed by atoms with E-state index in [0.29, 0.717) is 5.69 Å². The van der Waals surface area contributed by atoms with Gasteiger partial charge in [0, 0.05) is 29.5 Å². The van der Waals surface area contributed by atoms with Gasteiger partial charge >= 0.3 is 0 Å². The molecule has 0 aliphatic rings. The first-order chi connectivity index (χ1) is 8.24. The highest BCUT2D eigenvalue weighted by molar-refractivity contribution is 9.10. The molecular weight excluding hydrogens is 280 g/mol. The summed E-state index contributed by atoms with van der Waals surface area (Å²) in [6.07, 6.45) is 4.82. The second-order valence-electron chi connectivity index (χ2n) is 3.40. The third-order valence-corrected chi connectivity index (χ3v) is 2.74. The number of rotatable bonds is 2. The summed E-state index contributed by atoms with van der Waals surface area (Å²) in [6.45, 7) is 0. The Kier molecular flexibility index (Phi) is 3.49. The Balaban J connectivity index is 2.57. The molecule has 0 unspecified atom stereocenters. The van der Waals surface area contributed by atoms with Gasteiger partial charge in [-0.25, -0.2) is 4.98 Å². The van der Waals surface area contributed by atoms with Gasteiger partial charge in [0.1, 0.15) is 0 Å². The molecule has 0 spiro atoms. The molecule has 0 amide bonds. The second-order valence-corrected chi connectivity index (χ2v) is 4.31. The predicted octanol–water partition coefficient (Wildman–Crippen LogP) is 2.39. The largest absolute Gasteiger partial charge is 0.404 e. The van der Waals surface area contributed by atoms with Crippen LogP contribution in [0, 0.1) is 0 Å². The van der Waals surface area contributed by atoms with Crippen LogP contribution in [0.3, 0.4) is 0 Å². The minimum absolute atomic E-state index is 0.712. The molecule has 2 N–H and O–H groups in total. The van der Waals surface area contributed by atoms with E-state index >= 15 is 0 Å². The molecule has 0 aliphatic carbocycles. The normalized spacial score (nSPS) is 12.5. The third kappa shape index (κ3) is 2.50. The lowest BCUT2D eigenvalue weighted by Gasteiger charge is -2.02. The molecule has 1 heterocycles. The van der Waals surface area contributed by atoms with Crippen molar-refractivity contribution in [2.45, 2.75) is 0 Å². The van der Waals surface area contributed by atoms with E-state index in [9.17, 15) is 0 Å². The van der Waals surface area contributed by atoms with Crippen molar-refractivity contribution < 1.29 is 0 Å². The van der Waals surface area contributed by atoms with E-state index in [2.05, 4.69) is 30.9 Å². The van der Waals surface area contributed by atoms with Crippen molar-refractivity contribution in [2.24, 2.45) is 10.7 Å². The van der Waals surface area contributed by atoms with Gasteiger partial charge in [-0.2, -0.15) is 0 Å². The van der Waals surface area contributed by atoms with Crippen molar-refractivity contribution in [3.05, 3.63) is 40.8 Å². The smallest absolute Gasteiger partial charge is 0.0922 e. The van der Waals surface area contributed by atoms with Crippen LogP contribution < -0.4 is 5.73 Å². The van der Waals surface area contributed by atoms with Crippen molar-refractivity contribution in [1.29, 1.82) is 0 Å². The fraction of sp³-hybridized carbons (Fsp3) is 0.0833. The highest BCUT2D eigenvalue weighted by Gasteiger charge is 2.03. The van der Waals surface area contributed by atoms with Gasteiger partial charge in [0.2, 0.25) is 0 Å². The predicted molar refractivity (Wildman–Crippen MR) is 73.8 cm³/mol.